The minimum Gasteiger partial charge on any atom is -0.376 e. The Hall–Kier alpha value is -2.68. The highest BCUT2D eigenvalue weighted by molar-refractivity contribution is 5.94. The standard InChI is InChI=1S/C25H29N3O2.C2H6/c1-19-13-16-27(2)18-25(19,30)14-12-21-10-11-23(28-15-6-9-24(28)29)26-22(21)17-20-7-4-3-5-8-20;1-2/h3-5,7-8,10-11,19,30H,6,9,13,15-18H2,1-2H3;1-2H3. The molecule has 1 amide bonds. The van der Waals surface area contributed by atoms with Gasteiger partial charge in [-0.15, -0.1) is 0 Å². The zero-order chi connectivity index (χ0) is 23.1. The number of benzene rings is 1. The Morgan fingerprint density at radius 3 is 2.59 bits per heavy atom. The molecule has 2 saturated heterocycles. The molecule has 32 heavy (non-hydrogen) atoms. The van der Waals surface area contributed by atoms with Crippen LogP contribution in [0.3, 0.4) is 0 Å². The number of β-amino-alcohol motifs (C(OH)–C–C–N with tert-alkyl or cyclic N) is 1. The van der Waals surface area contributed by atoms with Gasteiger partial charge >= 0.3 is 0 Å². The van der Waals surface area contributed by atoms with Crippen LogP contribution in [0.1, 0.15) is 56.9 Å². The maximum absolute atomic E-state index is 12.2. The predicted octanol–water partition coefficient (Wildman–Crippen LogP) is 3.88. The van der Waals surface area contributed by atoms with Gasteiger partial charge in [0.15, 0.2) is 0 Å². The molecule has 2 fully saturated rings. The molecule has 0 radical (unpaired) electrons. The first-order valence-electron chi connectivity index (χ1n) is 11.7. The molecule has 2 atom stereocenters. The van der Waals surface area contributed by atoms with Gasteiger partial charge in [-0.2, -0.15) is 0 Å². The summed E-state index contributed by atoms with van der Waals surface area (Å²) in [6.07, 6.45) is 3.01. The van der Waals surface area contributed by atoms with E-state index in [1.807, 2.05) is 51.2 Å². The number of carbonyl (C=O) groups is 1. The highest BCUT2D eigenvalue weighted by Gasteiger charge is 2.36. The Kier molecular flexibility index (Phi) is 8.06. The van der Waals surface area contributed by atoms with Crippen LogP contribution in [0.25, 0.3) is 0 Å². The number of hydrogen-bond donors (Lipinski definition) is 1. The van der Waals surface area contributed by atoms with Gasteiger partial charge in [0.05, 0.1) is 5.69 Å². The molecular weight excluding hydrogens is 398 g/mol. The fraction of sp³-hybridized carbons (Fsp3) is 0.481. The molecule has 1 aromatic carbocycles. The molecule has 0 aliphatic carbocycles. The maximum Gasteiger partial charge on any atom is 0.228 e. The van der Waals surface area contributed by atoms with Crippen LogP contribution >= 0.6 is 0 Å². The molecule has 0 saturated carbocycles. The maximum atomic E-state index is 12.2. The second-order valence-electron chi connectivity index (χ2n) is 8.58. The van der Waals surface area contributed by atoms with Crippen LogP contribution in [0.15, 0.2) is 42.5 Å². The lowest BCUT2D eigenvalue weighted by Crippen LogP contribution is -2.50. The van der Waals surface area contributed by atoms with E-state index >= 15 is 0 Å². The number of likely N-dealkylation sites (tertiary alicyclic amines) is 1. The van der Waals surface area contributed by atoms with Crippen LogP contribution in [0.5, 0.6) is 0 Å². The van der Waals surface area contributed by atoms with E-state index in [1.54, 1.807) is 4.90 Å². The summed E-state index contributed by atoms with van der Waals surface area (Å²) in [5, 5.41) is 11.1. The Morgan fingerprint density at radius 1 is 1.16 bits per heavy atom. The fourth-order valence-electron chi connectivity index (χ4n) is 4.21. The molecule has 0 spiro atoms. The molecule has 2 aromatic rings. The Labute approximate surface area is 192 Å². The quantitative estimate of drug-likeness (QED) is 0.747. The molecule has 2 unspecified atom stereocenters. The number of likely N-dealkylation sites (N-methyl/N-ethyl adjacent to an activating group) is 1. The van der Waals surface area contributed by atoms with Crippen molar-refractivity contribution in [3.63, 3.8) is 0 Å². The zero-order valence-electron chi connectivity index (χ0n) is 19.8. The van der Waals surface area contributed by atoms with Gasteiger partial charge in [0.1, 0.15) is 11.4 Å². The predicted molar refractivity (Wildman–Crippen MR) is 130 cm³/mol. The number of rotatable bonds is 3. The van der Waals surface area contributed by atoms with E-state index in [0.717, 1.165) is 36.2 Å². The summed E-state index contributed by atoms with van der Waals surface area (Å²) in [5.74, 6) is 7.33. The van der Waals surface area contributed by atoms with Crippen molar-refractivity contribution in [1.82, 2.24) is 9.88 Å². The van der Waals surface area contributed by atoms with Crippen LogP contribution in [-0.2, 0) is 11.2 Å². The second kappa shape index (κ2) is 10.8. The third-order valence-electron chi connectivity index (χ3n) is 6.21. The van der Waals surface area contributed by atoms with Crippen LogP contribution in [0, 0.1) is 17.8 Å². The molecule has 4 rings (SSSR count). The first-order valence-corrected chi connectivity index (χ1v) is 11.7. The monoisotopic (exact) mass is 433 g/mol. The lowest BCUT2D eigenvalue weighted by molar-refractivity contribution is -0.117. The summed E-state index contributed by atoms with van der Waals surface area (Å²) in [6, 6.07) is 14.0. The minimum atomic E-state index is -1.03. The van der Waals surface area contributed by atoms with Crippen LogP contribution < -0.4 is 4.90 Å². The summed E-state index contributed by atoms with van der Waals surface area (Å²) in [6.45, 7) is 8.30. The number of hydrogen-bond acceptors (Lipinski definition) is 4. The normalized spacial score (nSPS) is 23.2. The van der Waals surface area contributed by atoms with Crippen molar-refractivity contribution in [3.05, 3.63) is 59.3 Å². The summed E-state index contributed by atoms with van der Waals surface area (Å²) in [7, 11) is 2.02. The van der Waals surface area contributed by atoms with E-state index in [0.29, 0.717) is 31.7 Å². The third kappa shape index (κ3) is 5.56. The van der Waals surface area contributed by atoms with Gasteiger partial charge in [0.25, 0.3) is 0 Å². The number of pyridine rings is 1. The molecule has 5 heteroatoms. The molecule has 1 N–H and O–H groups in total. The summed E-state index contributed by atoms with van der Waals surface area (Å²) in [5.41, 5.74) is 1.76. The highest BCUT2D eigenvalue weighted by Crippen LogP contribution is 2.27. The van der Waals surface area contributed by atoms with Crippen molar-refractivity contribution in [1.29, 1.82) is 0 Å². The number of nitrogens with zero attached hydrogens (tertiary/aromatic N) is 3. The van der Waals surface area contributed by atoms with Gasteiger partial charge in [-0.25, -0.2) is 4.98 Å². The van der Waals surface area contributed by atoms with E-state index < -0.39 is 5.60 Å². The van der Waals surface area contributed by atoms with Gasteiger partial charge < -0.3 is 10.0 Å². The zero-order valence-corrected chi connectivity index (χ0v) is 19.8. The number of amides is 1. The molecule has 0 bridgehead atoms. The molecule has 2 aliphatic heterocycles. The number of anilines is 1. The number of aromatic nitrogens is 1. The molecule has 1 aromatic heterocycles. The van der Waals surface area contributed by atoms with E-state index in [1.165, 1.54) is 0 Å². The van der Waals surface area contributed by atoms with Crippen molar-refractivity contribution < 1.29 is 9.90 Å². The minimum absolute atomic E-state index is 0.119. The van der Waals surface area contributed by atoms with Gasteiger partial charge in [-0.1, -0.05) is 62.9 Å². The van der Waals surface area contributed by atoms with Crippen molar-refractivity contribution in [2.75, 3.05) is 31.6 Å². The van der Waals surface area contributed by atoms with Crippen molar-refractivity contribution >= 4 is 11.7 Å². The van der Waals surface area contributed by atoms with Gasteiger partial charge in [-0.05, 0) is 50.0 Å². The van der Waals surface area contributed by atoms with Crippen LogP contribution in [0.2, 0.25) is 0 Å². The SMILES string of the molecule is CC.CC1CCN(C)CC1(O)C#Cc1ccc(N2CCCC2=O)nc1Cc1ccccc1. The Bertz CT molecular complexity index is 979. The van der Waals surface area contributed by atoms with E-state index in [-0.39, 0.29) is 11.8 Å². The Morgan fingerprint density at radius 2 is 1.91 bits per heavy atom. The number of carbonyl (C=O) groups excluding carboxylic acids is 1. The lowest BCUT2D eigenvalue weighted by Gasteiger charge is -2.38. The molecule has 170 valence electrons. The van der Waals surface area contributed by atoms with Gasteiger partial charge in [0.2, 0.25) is 5.91 Å². The average Bonchev–Trinajstić information content (AvgIpc) is 3.23. The van der Waals surface area contributed by atoms with E-state index in [9.17, 15) is 9.90 Å². The molecule has 2 aliphatic rings. The largest absolute Gasteiger partial charge is 0.376 e. The summed E-state index contributed by atoms with van der Waals surface area (Å²) < 4.78 is 0. The second-order valence-corrected chi connectivity index (χ2v) is 8.58. The first-order chi connectivity index (χ1) is 15.4. The average molecular weight is 434 g/mol. The fourth-order valence-corrected chi connectivity index (χ4v) is 4.21. The Balaban J connectivity index is 0.00000141. The summed E-state index contributed by atoms with van der Waals surface area (Å²) >= 11 is 0. The molecule has 3 heterocycles. The molecular formula is C27H35N3O2. The number of aliphatic hydroxyl groups is 1. The lowest BCUT2D eigenvalue weighted by atomic mass is 9.83. The van der Waals surface area contributed by atoms with Crippen molar-refractivity contribution in [2.45, 2.75) is 52.1 Å². The summed E-state index contributed by atoms with van der Waals surface area (Å²) in [4.78, 5) is 20.9. The first kappa shape index (κ1) is 24.0. The van der Waals surface area contributed by atoms with Crippen molar-refractivity contribution in [3.8, 4) is 11.8 Å². The van der Waals surface area contributed by atoms with Crippen molar-refractivity contribution in [2.24, 2.45) is 5.92 Å². The van der Waals surface area contributed by atoms with Crippen LogP contribution in [-0.4, -0.2) is 53.2 Å². The van der Waals surface area contributed by atoms with Gasteiger partial charge in [0, 0.05) is 31.5 Å². The third-order valence-corrected chi connectivity index (χ3v) is 6.21. The van der Waals surface area contributed by atoms with Gasteiger partial charge in [-0.3, -0.25) is 9.69 Å². The molecule has 5 nitrogen and oxygen atoms in total. The van der Waals surface area contributed by atoms with E-state index in [2.05, 4.69) is 35.8 Å². The topological polar surface area (TPSA) is 56.7 Å². The number of piperidine rings is 1. The highest BCUT2D eigenvalue weighted by atomic mass is 16.3. The van der Waals surface area contributed by atoms with Crippen LogP contribution in [0.4, 0.5) is 5.82 Å². The smallest absolute Gasteiger partial charge is 0.228 e. The van der Waals surface area contributed by atoms with E-state index in [4.69, 9.17) is 4.98 Å².